The number of carbonyl (C=O) groups is 1. The average molecular weight is 425 g/mol. The van der Waals surface area contributed by atoms with Crippen molar-refractivity contribution in [3.05, 3.63) is 89.0 Å². The van der Waals surface area contributed by atoms with E-state index in [0.717, 1.165) is 6.07 Å². The first kappa shape index (κ1) is 22.3. The summed E-state index contributed by atoms with van der Waals surface area (Å²) in [7, 11) is 1.53. The fourth-order valence-electron chi connectivity index (χ4n) is 3.03. The van der Waals surface area contributed by atoms with Crippen LogP contribution in [0.4, 0.5) is 14.5 Å². The Labute approximate surface area is 180 Å². The van der Waals surface area contributed by atoms with Gasteiger partial charge < -0.3 is 14.8 Å². The van der Waals surface area contributed by atoms with E-state index in [9.17, 15) is 13.6 Å². The second-order valence-electron chi connectivity index (χ2n) is 8.17. The lowest BCUT2D eigenvalue weighted by molar-refractivity contribution is 0.102. The molecule has 3 aromatic carbocycles. The number of anilines is 1. The molecule has 0 atom stereocenters. The highest BCUT2D eigenvalue weighted by molar-refractivity contribution is 6.04. The second kappa shape index (κ2) is 9.16. The molecule has 0 aliphatic rings. The molecule has 3 aromatic rings. The van der Waals surface area contributed by atoms with Gasteiger partial charge in [-0.1, -0.05) is 32.9 Å². The Morgan fingerprint density at radius 1 is 0.968 bits per heavy atom. The number of amides is 1. The molecule has 3 rings (SSSR count). The van der Waals surface area contributed by atoms with E-state index in [0.29, 0.717) is 28.7 Å². The number of methoxy groups -OCH3 is 1. The molecule has 0 unspecified atom stereocenters. The van der Waals surface area contributed by atoms with E-state index in [4.69, 9.17) is 9.47 Å². The molecule has 0 radical (unpaired) electrons. The third-order valence-corrected chi connectivity index (χ3v) is 4.84. The van der Waals surface area contributed by atoms with Gasteiger partial charge in [0.25, 0.3) is 5.91 Å². The minimum Gasteiger partial charge on any atom is -0.496 e. The van der Waals surface area contributed by atoms with Gasteiger partial charge in [-0.25, -0.2) is 8.78 Å². The van der Waals surface area contributed by atoms with E-state index < -0.39 is 17.5 Å². The number of carbonyl (C=O) groups excluding carboxylic acids is 1. The predicted molar refractivity (Wildman–Crippen MR) is 117 cm³/mol. The quantitative estimate of drug-likeness (QED) is 0.519. The standard InChI is InChI=1S/C25H25F2NO3/c1-25(2,3)18-6-9-20(10-7-18)31-15-17-13-16(5-12-23(17)30-4)24(29)28-22-11-8-19(26)14-21(22)27/h5-14H,15H2,1-4H3,(H,28,29). The van der Waals surface area contributed by atoms with E-state index in [2.05, 4.69) is 26.1 Å². The molecule has 0 aliphatic carbocycles. The van der Waals surface area contributed by atoms with Gasteiger partial charge in [-0.15, -0.1) is 0 Å². The minimum absolute atomic E-state index is 0.0490. The number of benzene rings is 3. The van der Waals surface area contributed by atoms with Gasteiger partial charge in [-0.05, 0) is 53.4 Å². The zero-order chi connectivity index (χ0) is 22.6. The summed E-state index contributed by atoms with van der Waals surface area (Å²) in [5.41, 5.74) is 2.11. The molecule has 162 valence electrons. The summed E-state index contributed by atoms with van der Waals surface area (Å²) in [6, 6.07) is 15.7. The van der Waals surface area contributed by atoms with Crippen molar-refractivity contribution in [1.29, 1.82) is 0 Å². The van der Waals surface area contributed by atoms with Gasteiger partial charge in [0.1, 0.15) is 29.7 Å². The van der Waals surface area contributed by atoms with Crippen molar-refractivity contribution in [2.24, 2.45) is 0 Å². The third-order valence-electron chi connectivity index (χ3n) is 4.84. The molecule has 0 heterocycles. The Bertz CT molecular complexity index is 1070. The Morgan fingerprint density at radius 3 is 2.29 bits per heavy atom. The molecular formula is C25H25F2NO3. The lowest BCUT2D eigenvalue weighted by Gasteiger charge is -2.19. The summed E-state index contributed by atoms with van der Waals surface area (Å²) in [5, 5.41) is 2.45. The van der Waals surface area contributed by atoms with Crippen LogP contribution in [-0.2, 0) is 12.0 Å². The number of ether oxygens (including phenoxy) is 2. The Kier molecular flexibility index (Phi) is 6.59. The maximum Gasteiger partial charge on any atom is 0.255 e. The van der Waals surface area contributed by atoms with Gasteiger partial charge in [0.2, 0.25) is 0 Å². The van der Waals surface area contributed by atoms with Crippen LogP contribution in [0.15, 0.2) is 60.7 Å². The van der Waals surface area contributed by atoms with Gasteiger partial charge in [0.05, 0.1) is 12.8 Å². The van der Waals surface area contributed by atoms with E-state index in [1.807, 2.05) is 24.3 Å². The van der Waals surface area contributed by atoms with Gasteiger partial charge >= 0.3 is 0 Å². The van der Waals surface area contributed by atoms with Crippen LogP contribution < -0.4 is 14.8 Å². The summed E-state index contributed by atoms with van der Waals surface area (Å²) in [6.45, 7) is 6.61. The largest absolute Gasteiger partial charge is 0.496 e. The molecule has 0 fully saturated rings. The molecule has 0 spiro atoms. The fourth-order valence-corrected chi connectivity index (χ4v) is 3.03. The van der Waals surface area contributed by atoms with Crippen molar-refractivity contribution in [2.75, 3.05) is 12.4 Å². The minimum atomic E-state index is -0.843. The lowest BCUT2D eigenvalue weighted by Crippen LogP contribution is -2.14. The molecule has 0 saturated heterocycles. The van der Waals surface area contributed by atoms with Crippen molar-refractivity contribution in [2.45, 2.75) is 32.8 Å². The van der Waals surface area contributed by atoms with Crippen LogP contribution in [0.5, 0.6) is 11.5 Å². The number of hydrogen-bond donors (Lipinski definition) is 1. The SMILES string of the molecule is COc1ccc(C(=O)Nc2ccc(F)cc2F)cc1COc1ccc(C(C)(C)C)cc1. The van der Waals surface area contributed by atoms with E-state index in [-0.39, 0.29) is 17.7 Å². The lowest BCUT2D eigenvalue weighted by atomic mass is 9.87. The highest BCUT2D eigenvalue weighted by Gasteiger charge is 2.15. The first-order valence-electron chi connectivity index (χ1n) is 9.84. The molecule has 31 heavy (non-hydrogen) atoms. The van der Waals surface area contributed by atoms with Crippen LogP contribution in [0.2, 0.25) is 0 Å². The number of halogens is 2. The third kappa shape index (κ3) is 5.60. The van der Waals surface area contributed by atoms with Crippen LogP contribution in [-0.4, -0.2) is 13.0 Å². The first-order chi connectivity index (χ1) is 14.7. The van der Waals surface area contributed by atoms with Crippen LogP contribution in [0.25, 0.3) is 0 Å². The van der Waals surface area contributed by atoms with Crippen molar-refractivity contribution >= 4 is 11.6 Å². The molecule has 6 heteroatoms. The first-order valence-corrected chi connectivity index (χ1v) is 9.84. The summed E-state index contributed by atoms with van der Waals surface area (Å²) in [5.74, 6) is -0.822. The van der Waals surface area contributed by atoms with Crippen LogP contribution in [0, 0.1) is 11.6 Å². The molecule has 0 aromatic heterocycles. The van der Waals surface area contributed by atoms with Gasteiger partial charge in [0.15, 0.2) is 0 Å². The Hall–Kier alpha value is -3.41. The van der Waals surface area contributed by atoms with Crippen LogP contribution in [0.3, 0.4) is 0 Å². The average Bonchev–Trinajstić information content (AvgIpc) is 2.73. The smallest absolute Gasteiger partial charge is 0.255 e. The van der Waals surface area contributed by atoms with E-state index in [1.165, 1.54) is 18.7 Å². The Morgan fingerprint density at radius 2 is 1.68 bits per heavy atom. The molecule has 4 nitrogen and oxygen atoms in total. The molecule has 0 aliphatic heterocycles. The summed E-state index contributed by atoms with van der Waals surface area (Å²) in [4.78, 5) is 12.6. The Balaban J connectivity index is 1.75. The monoisotopic (exact) mass is 425 g/mol. The highest BCUT2D eigenvalue weighted by Crippen LogP contribution is 2.26. The second-order valence-corrected chi connectivity index (χ2v) is 8.17. The van der Waals surface area contributed by atoms with E-state index in [1.54, 1.807) is 18.2 Å². The highest BCUT2D eigenvalue weighted by atomic mass is 19.1. The van der Waals surface area contributed by atoms with Crippen molar-refractivity contribution < 1.29 is 23.0 Å². The topological polar surface area (TPSA) is 47.6 Å². The summed E-state index contributed by atoms with van der Waals surface area (Å²) in [6.07, 6.45) is 0. The number of nitrogens with one attached hydrogen (secondary N) is 1. The normalized spacial score (nSPS) is 11.2. The van der Waals surface area contributed by atoms with E-state index >= 15 is 0 Å². The summed E-state index contributed by atoms with van der Waals surface area (Å²) >= 11 is 0. The van der Waals surface area contributed by atoms with Gasteiger partial charge in [0, 0.05) is 17.2 Å². The van der Waals surface area contributed by atoms with Crippen LogP contribution >= 0.6 is 0 Å². The fraction of sp³-hybridized carbons (Fsp3) is 0.240. The van der Waals surface area contributed by atoms with Crippen molar-refractivity contribution in [3.8, 4) is 11.5 Å². The van der Waals surface area contributed by atoms with Gasteiger partial charge in [-0.3, -0.25) is 4.79 Å². The van der Waals surface area contributed by atoms with Crippen molar-refractivity contribution in [1.82, 2.24) is 0 Å². The van der Waals surface area contributed by atoms with Crippen LogP contribution in [0.1, 0.15) is 42.3 Å². The zero-order valence-corrected chi connectivity index (χ0v) is 18.0. The van der Waals surface area contributed by atoms with Crippen molar-refractivity contribution in [3.63, 3.8) is 0 Å². The molecular weight excluding hydrogens is 400 g/mol. The predicted octanol–water partition coefficient (Wildman–Crippen LogP) is 6.10. The molecule has 1 amide bonds. The summed E-state index contributed by atoms with van der Waals surface area (Å²) < 4.78 is 38.2. The number of rotatable bonds is 6. The number of hydrogen-bond acceptors (Lipinski definition) is 3. The maximum absolute atomic E-state index is 13.8. The molecule has 1 N–H and O–H groups in total. The molecule has 0 bridgehead atoms. The maximum atomic E-state index is 13.8. The van der Waals surface area contributed by atoms with Gasteiger partial charge in [-0.2, -0.15) is 0 Å². The molecule has 0 saturated carbocycles. The zero-order valence-electron chi connectivity index (χ0n) is 18.0.